The number of nitrogens with one attached hydrogen (secondary N) is 1. The zero-order chi connectivity index (χ0) is 15.5. The first-order chi connectivity index (χ1) is 10.0. The van der Waals surface area contributed by atoms with Gasteiger partial charge in [0.05, 0.1) is 5.60 Å². The molecule has 0 saturated heterocycles. The van der Waals surface area contributed by atoms with Gasteiger partial charge >= 0.3 is 0 Å². The van der Waals surface area contributed by atoms with Crippen LogP contribution in [0, 0.1) is 11.7 Å². The first-order valence-corrected chi connectivity index (χ1v) is 8.46. The molecule has 0 heterocycles. The van der Waals surface area contributed by atoms with Gasteiger partial charge in [0.25, 0.3) is 0 Å². The number of hydrogen-bond donors (Lipinski definition) is 1. The first-order valence-electron chi connectivity index (χ1n) is 7.67. The zero-order valence-corrected chi connectivity index (χ0v) is 14.7. The van der Waals surface area contributed by atoms with Gasteiger partial charge in [-0.2, -0.15) is 0 Å². The minimum atomic E-state index is -0.189. The highest BCUT2D eigenvalue weighted by molar-refractivity contribution is 9.10. The fourth-order valence-corrected chi connectivity index (χ4v) is 3.98. The second-order valence-corrected chi connectivity index (χ2v) is 7.17. The topological polar surface area (TPSA) is 21.3 Å². The smallest absolute Gasteiger partial charge is 0.127 e. The van der Waals surface area contributed by atoms with Crippen molar-refractivity contribution in [2.75, 3.05) is 14.2 Å². The van der Waals surface area contributed by atoms with Gasteiger partial charge in [0.15, 0.2) is 0 Å². The van der Waals surface area contributed by atoms with Gasteiger partial charge in [0, 0.05) is 17.6 Å². The van der Waals surface area contributed by atoms with Gasteiger partial charge in [-0.3, -0.25) is 0 Å². The van der Waals surface area contributed by atoms with Crippen molar-refractivity contribution in [3.63, 3.8) is 0 Å². The fourth-order valence-electron chi connectivity index (χ4n) is 3.65. The molecule has 0 bridgehead atoms. The molecule has 1 fully saturated rings. The van der Waals surface area contributed by atoms with Gasteiger partial charge in [-0.15, -0.1) is 0 Å². The maximum absolute atomic E-state index is 14.1. The predicted molar refractivity (Wildman–Crippen MR) is 88.0 cm³/mol. The third kappa shape index (κ3) is 3.85. The molecule has 1 aromatic carbocycles. The van der Waals surface area contributed by atoms with Crippen LogP contribution in [0.5, 0.6) is 0 Å². The zero-order valence-electron chi connectivity index (χ0n) is 13.1. The molecule has 1 aliphatic rings. The summed E-state index contributed by atoms with van der Waals surface area (Å²) in [5.41, 5.74) is 0.554. The fraction of sp³-hybridized carbons (Fsp3) is 0.647. The number of methoxy groups -OCH3 is 1. The van der Waals surface area contributed by atoms with E-state index in [1.165, 1.54) is 18.9 Å². The van der Waals surface area contributed by atoms with Crippen molar-refractivity contribution in [2.24, 2.45) is 5.92 Å². The van der Waals surface area contributed by atoms with Crippen LogP contribution in [0.25, 0.3) is 0 Å². The van der Waals surface area contributed by atoms with Crippen molar-refractivity contribution >= 4 is 15.9 Å². The maximum Gasteiger partial charge on any atom is 0.127 e. The van der Waals surface area contributed by atoms with Crippen LogP contribution in [0.1, 0.15) is 38.2 Å². The van der Waals surface area contributed by atoms with Gasteiger partial charge in [0.2, 0.25) is 0 Å². The van der Waals surface area contributed by atoms with Crippen LogP contribution in [-0.2, 0) is 11.2 Å². The highest BCUT2D eigenvalue weighted by atomic mass is 79.9. The van der Waals surface area contributed by atoms with E-state index in [0.717, 1.165) is 22.9 Å². The van der Waals surface area contributed by atoms with Crippen molar-refractivity contribution < 1.29 is 9.13 Å². The number of rotatable bonds is 5. The second kappa shape index (κ2) is 7.21. The summed E-state index contributed by atoms with van der Waals surface area (Å²) >= 11 is 3.31. The molecule has 4 heteroatoms. The third-order valence-corrected chi connectivity index (χ3v) is 5.31. The molecule has 1 saturated carbocycles. The minimum Gasteiger partial charge on any atom is -0.377 e. The molecular weight excluding hydrogens is 333 g/mol. The third-order valence-electron chi connectivity index (χ3n) is 4.82. The monoisotopic (exact) mass is 357 g/mol. The number of benzene rings is 1. The van der Waals surface area contributed by atoms with Gasteiger partial charge in [-0.1, -0.05) is 41.8 Å². The van der Waals surface area contributed by atoms with Gasteiger partial charge in [-0.05, 0) is 49.9 Å². The Morgan fingerprint density at radius 2 is 2.29 bits per heavy atom. The minimum absolute atomic E-state index is 0.126. The highest BCUT2D eigenvalue weighted by Gasteiger charge is 2.41. The lowest BCUT2D eigenvalue weighted by Crippen LogP contribution is -2.54. The summed E-state index contributed by atoms with van der Waals surface area (Å²) < 4.78 is 20.8. The van der Waals surface area contributed by atoms with E-state index < -0.39 is 0 Å². The van der Waals surface area contributed by atoms with Crippen molar-refractivity contribution in [3.8, 4) is 0 Å². The molecule has 2 rings (SSSR count). The van der Waals surface area contributed by atoms with Crippen LogP contribution < -0.4 is 5.32 Å². The lowest BCUT2D eigenvalue weighted by Gasteiger charge is -2.44. The molecule has 3 unspecified atom stereocenters. The molecule has 0 spiro atoms. The Bertz CT molecular complexity index is 482. The lowest BCUT2D eigenvalue weighted by atomic mass is 9.73. The molecule has 1 aromatic rings. The molecule has 0 aromatic heterocycles. The van der Waals surface area contributed by atoms with Crippen LogP contribution in [0.2, 0.25) is 0 Å². The molecule has 0 aliphatic heterocycles. The van der Waals surface area contributed by atoms with Crippen LogP contribution in [0.15, 0.2) is 22.7 Å². The van der Waals surface area contributed by atoms with Crippen LogP contribution in [-0.4, -0.2) is 25.8 Å². The molecule has 3 atom stereocenters. The molecule has 21 heavy (non-hydrogen) atoms. The van der Waals surface area contributed by atoms with E-state index in [2.05, 4.69) is 28.2 Å². The standard InChI is InChI=1S/C17H25BrFNO/c1-12-5-4-8-17(11-12,21-3)16(20-2)9-13-6-7-14(18)10-15(13)19/h6-7,10,12,16,20H,4-5,8-9,11H2,1-3H3. The van der Waals surface area contributed by atoms with Gasteiger partial charge in [-0.25, -0.2) is 4.39 Å². The maximum atomic E-state index is 14.1. The SMILES string of the molecule is CNC(Cc1ccc(Br)cc1F)C1(OC)CCCC(C)C1. The van der Waals surface area contributed by atoms with Crippen molar-refractivity contribution in [1.82, 2.24) is 5.32 Å². The number of likely N-dealkylation sites (N-methyl/N-ethyl adjacent to an activating group) is 1. The van der Waals surface area contributed by atoms with Gasteiger partial charge < -0.3 is 10.1 Å². The first kappa shape index (κ1) is 16.9. The van der Waals surface area contributed by atoms with Crippen molar-refractivity contribution in [2.45, 2.75) is 50.7 Å². The summed E-state index contributed by atoms with van der Waals surface area (Å²) in [6, 6.07) is 5.42. The quantitative estimate of drug-likeness (QED) is 0.847. The Kier molecular flexibility index (Phi) is 5.81. The van der Waals surface area contributed by atoms with Crippen molar-refractivity contribution in [3.05, 3.63) is 34.1 Å². The summed E-state index contributed by atoms with van der Waals surface area (Å²) in [7, 11) is 3.74. The summed E-state index contributed by atoms with van der Waals surface area (Å²) in [6.07, 6.45) is 5.16. The molecular formula is C17H25BrFNO. The Morgan fingerprint density at radius 1 is 1.52 bits per heavy atom. The average molecular weight is 358 g/mol. The normalized spacial score (nSPS) is 27.6. The van der Waals surface area contributed by atoms with E-state index in [4.69, 9.17) is 4.74 Å². The molecule has 0 amide bonds. The highest BCUT2D eigenvalue weighted by Crippen LogP contribution is 2.38. The number of ether oxygens (including phenoxy) is 1. The van der Waals surface area contributed by atoms with Crippen LogP contribution in [0.4, 0.5) is 4.39 Å². The number of halogens is 2. The number of hydrogen-bond acceptors (Lipinski definition) is 2. The van der Waals surface area contributed by atoms with Crippen LogP contribution in [0.3, 0.4) is 0 Å². The Morgan fingerprint density at radius 3 is 2.86 bits per heavy atom. The average Bonchev–Trinajstić information content (AvgIpc) is 2.46. The molecule has 1 N–H and O–H groups in total. The van der Waals surface area contributed by atoms with E-state index in [1.807, 2.05) is 19.2 Å². The van der Waals surface area contributed by atoms with E-state index >= 15 is 0 Å². The molecule has 1 aliphatic carbocycles. The Balaban J connectivity index is 2.21. The van der Waals surface area contributed by atoms with E-state index in [-0.39, 0.29) is 17.5 Å². The summed E-state index contributed by atoms with van der Waals surface area (Å²) in [6.45, 7) is 2.28. The summed E-state index contributed by atoms with van der Waals surface area (Å²) in [5.74, 6) is 0.504. The molecule has 118 valence electrons. The predicted octanol–water partition coefficient (Wildman–Crippen LogP) is 4.31. The molecule has 2 nitrogen and oxygen atoms in total. The summed E-state index contributed by atoms with van der Waals surface area (Å²) in [4.78, 5) is 0. The largest absolute Gasteiger partial charge is 0.377 e. The van der Waals surface area contributed by atoms with E-state index in [1.54, 1.807) is 7.11 Å². The van der Waals surface area contributed by atoms with Crippen molar-refractivity contribution in [1.29, 1.82) is 0 Å². The Labute approximate surface area is 135 Å². The lowest BCUT2D eigenvalue weighted by molar-refractivity contribution is -0.0776. The van der Waals surface area contributed by atoms with E-state index in [9.17, 15) is 4.39 Å². The summed E-state index contributed by atoms with van der Waals surface area (Å²) in [5, 5.41) is 3.37. The second-order valence-electron chi connectivity index (χ2n) is 6.25. The van der Waals surface area contributed by atoms with Gasteiger partial charge in [0.1, 0.15) is 5.82 Å². The Hall–Kier alpha value is -0.450. The van der Waals surface area contributed by atoms with E-state index in [0.29, 0.717) is 12.3 Å². The van der Waals surface area contributed by atoms with Crippen LogP contribution >= 0.6 is 15.9 Å². The molecule has 0 radical (unpaired) electrons.